The van der Waals surface area contributed by atoms with Crippen molar-refractivity contribution in [2.45, 2.75) is 50.3 Å². The zero-order valence-corrected chi connectivity index (χ0v) is 15.5. The first-order valence-corrected chi connectivity index (χ1v) is 10.6. The molecule has 1 N–H and O–H groups in total. The lowest BCUT2D eigenvalue weighted by molar-refractivity contribution is -0.139. The van der Waals surface area contributed by atoms with Gasteiger partial charge in [-0.2, -0.15) is 0 Å². The molecule has 6 nitrogen and oxygen atoms in total. The van der Waals surface area contributed by atoms with Crippen LogP contribution in [0.5, 0.6) is 0 Å². The second kappa shape index (κ2) is 7.49. The Morgan fingerprint density at radius 1 is 1.26 bits per heavy atom. The molecule has 23 heavy (non-hydrogen) atoms. The van der Waals surface area contributed by atoms with Gasteiger partial charge in [0.15, 0.2) is 0 Å². The van der Waals surface area contributed by atoms with Crippen molar-refractivity contribution in [1.29, 1.82) is 0 Å². The van der Waals surface area contributed by atoms with E-state index in [1.54, 1.807) is 0 Å². The van der Waals surface area contributed by atoms with Crippen LogP contribution in [0.25, 0.3) is 0 Å². The zero-order valence-electron chi connectivity index (χ0n) is 14.7. The SMILES string of the molecule is CCN(C(=O)CN1CCC(S(C)(=O)=O)CC1)C1(C)CCNCC1. The van der Waals surface area contributed by atoms with Gasteiger partial charge in [-0.25, -0.2) is 8.42 Å². The van der Waals surface area contributed by atoms with E-state index >= 15 is 0 Å². The fourth-order valence-electron chi connectivity index (χ4n) is 3.87. The number of carbonyl (C=O) groups excluding carboxylic acids is 1. The van der Waals surface area contributed by atoms with Gasteiger partial charge in [-0.15, -0.1) is 0 Å². The maximum Gasteiger partial charge on any atom is 0.237 e. The van der Waals surface area contributed by atoms with Crippen LogP contribution in [-0.2, 0) is 14.6 Å². The quantitative estimate of drug-likeness (QED) is 0.785. The zero-order chi connectivity index (χ0) is 17.1. The minimum Gasteiger partial charge on any atom is -0.336 e. The first-order chi connectivity index (χ1) is 10.8. The summed E-state index contributed by atoms with van der Waals surface area (Å²) >= 11 is 0. The van der Waals surface area contributed by atoms with Crippen LogP contribution in [0.1, 0.15) is 39.5 Å². The van der Waals surface area contributed by atoms with E-state index in [1.807, 2.05) is 11.8 Å². The van der Waals surface area contributed by atoms with Crippen molar-refractivity contribution in [2.24, 2.45) is 0 Å². The second-order valence-electron chi connectivity index (χ2n) is 7.19. The van der Waals surface area contributed by atoms with Crippen LogP contribution in [0.4, 0.5) is 0 Å². The number of hydrogen-bond acceptors (Lipinski definition) is 5. The Kier molecular flexibility index (Phi) is 6.08. The Morgan fingerprint density at radius 2 is 1.83 bits per heavy atom. The molecule has 0 aromatic carbocycles. The van der Waals surface area contributed by atoms with Crippen molar-refractivity contribution >= 4 is 15.7 Å². The number of amides is 1. The fraction of sp³-hybridized carbons (Fsp3) is 0.938. The number of nitrogens with zero attached hydrogens (tertiary/aromatic N) is 2. The largest absolute Gasteiger partial charge is 0.336 e. The highest BCUT2D eigenvalue weighted by Gasteiger charge is 2.36. The molecule has 2 aliphatic heterocycles. The molecule has 0 atom stereocenters. The summed E-state index contributed by atoms with van der Waals surface area (Å²) in [5.41, 5.74) is -0.0534. The summed E-state index contributed by atoms with van der Waals surface area (Å²) in [4.78, 5) is 16.9. The van der Waals surface area contributed by atoms with Crippen LogP contribution in [0.2, 0.25) is 0 Å². The number of carbonyl (C=O) groups is 1. The standard InChI is InChI=1S/C16H31N3O3S/c1-4-19(16(2)7-9-17-10-8-16)15(20)13-18-11-5-14(6-12-18)23(3,21)22/h14,17H,4-13H2,1-3H3. The average molecular weight is 346 g/mol. The van der Waals surface area contributed by atoms with E-state index in [9.17, 15) is 13.2 Å². The molecule has 0 spiro atoms. The Hall–Kier alpha value is -0.660. The summed E-state index contributed by atoms with van der Waals surface area (Å²) < 4.78 is 23.2. The Balaban J connectivity index is 1.91. The lowest BCUT2D eigenvalue weighted by Gasteiger charge is -2.44. The Labute approximate surface area is 140 Å². The third kappa shape index (κ3) is 4.67. The van der Waals surface area contributed by atoms with E-state index in [-0.39, 0.29) is 16.7 Å². The van der Waals surface area contributed by atoms with Gasteiger partial charge in [0.1, 0.15) is 9.84 Å². The number of sulfone groups is 1. The molecule has 0 saturated carbocycles. The summed E-state index contributed by atoms with van der Waals surface area (Å²) in [6.07, 6.45) is 4.57. The van der Waals surface area contributed by atoms with Crippen LogP contribution < -0.4 is 5.32 Å². The number of piperidine rings is 2. The predicted molar refractivity (Wildman–Crippen MR) is 92.2 cm³/mol. The van der Waals surface area contributed by atoms with Crippen LogP contribution in [0, 0.1) is 0 Å². The van der Waals surface area contributed by atoms with Gasteiger partial charge in [-0.1, -0.05) is 0 Å². The normalized spacial score (nSPS) is 23.6. The lowest BCUT2D eigenvalue weighted by Crippen LogP contribution is -2.57. The molecule has 2 rings (SSSR count). The maximum atomic E-state index is 12.8. The average Bonchev–Trinajstić information content (AvgIpc) is 2.48. The topological polar surface area (TPSA) is 69.7 Å². The lowest BCUT2D eigenvalue weighted by atomic mass is 9.88. The van der Waals surface area contributed by atoms with Crippen LogP contribution >= 0.6 is 0 Å². The van der Waals surface area contributed by atoms with Crippen molar-refractivity contribution < 1.29 is 13.2 Å². The summed E-state index contributed by atoms with van der Waals surface area (Å²) in [5, 5.41) is 3.11. The maximum absolute atomic E-state index is 12.8. The smallest absolute Gasteiger partial charge is 0.237 e. The molecular formula is C16H31N3O3S. The molecule has 0 aromatic rings. The first-order valence-electron chi connectivity index (χ1n) is 8.68. The predicted octanol–water partition coefficient (Wildman–Crippen LogP) is 0.486. The molecule has 0 unspecified atom stereocenters. The van der Waals surface area contributed by atoms with Gasteiger partial charge < -0.3 is 10.2 Å². The number of hydrogen-bond donors (Lipinski definition) is 1. The number of rotatable bonds is 5. The molecule has 7 heteroatoms. The monoisotopic (exact) mass is 345 g/mol. The number of likely N-dealkylation sites (N-methyl/N-ethyl adjacent to an activating group) is 1. The molecule has 0 bridgehead atoms. The minimum atomic E-state index is -2.95. The van der Waals surface area contributed by atoms with Crippen molar-refractivity contribution in [3.63, 3.8) is 0 Å². The molecule has 0 radical (unpaired) electrons. The molecule has 2 heterocycles. The van der Waals surface area contributed by atoms with Crippen molar-refractivity contribution in [3.8, 4) is 0 Å². The molecule has 2 saturated heterocycles. The highest BCUT2D eigenvalue weighted by atomic mass is 32.2. The molecule has 2 fully saturated rings. The van der Waals surface area contributed by atoms with E-state index < -0.39 is 9.84 Å². The van der Waals surface area contributed by atoms with Gasteiger partial charge >= 0.3 is 0 Å². The number of likely N-dealkylation sites (tertiary alicyclic amines) is 1. The minimum absolute atomic E-state index is 0.0534. The highest BCUT2D eigenvalue weighted by Crippen LogP contribution is 2.26. The Morgan fingerprint density at radius 3 is 2.30 bits per heavy atom. The molecule has 0 aliphatic carbocycles. The molecule has 0 aromatic heterocycles. The van der Waals surface area contributed by atoms with Crippen LogP contribution in [0.15, 0.2) is 0 Å². The molecule has 2 aliphatic rings. The van der Waals surface area contributed by atoms with Gasteiger partial charge in [0.25, 0.3) is 0 Å². The van der Waals surface area contributed by atoms with Gasteiger partial charge in [-0.3, -0.25) is 9.69 Å². The van der Waals surface area contributed by atoms with E-state index in [1.165, 1.54) is 6.26 Å². The van der Waals surface area contributed by atoms with Crippen LogP contribution in [-0.4, -0.2) is 80.4 Å². The second-order valence-corrected chi connectivity index (χ2v) is 9.52. The van der Waals surface area contributed by atoms with E-state index in [2.05, 4.69) is 17.1 Å². The van der Waals surface area contributed by atoms with Crippen molar-refractivity contribution in [3.05, 3.63) is 0 Å². The van der Waals surface area contributed by atoms with E-state index in [0.717, 1.165) is 32.5 Å². The van der Waals surface area contributed by atoms with Gasteiger partial charge in [0, 0.05) is 18.3 Å². The van der Waals surface area contributed by atoms with E-state index in [0.29, 0.717) is 32.5 Å². The molecule has 1 amide bonds. The van der Waals surface area contributed by atoms with Crippen molar-refractivity contribution in [1.82, 2.24) is 15.1 Å². The molecule has 134 valence electrons. The summed E-state index contributed by atoms with van der Waals surface area (Å²) in [7, 11) is -2.95. The van der Waals surface area contributed by atoms with Gasteiger partial charge in [-0.05, 0) is 65.7 Å². The van der Waals surface area contributed by atoms with Gasteiger partial charge in [0.2, 0.25) is 5.91 Å². The summed E-state index contributed by atoms with van der Waals surface area (Å²) in [6, 6.07) is 0. The highest BCUT2D eigenvalue weighted by molar-refractivity contribution is 7.91. The third-order valence-corrected chi connectivity index (χ3v) is 7.13. The fourth-order valence-corrected chi connectivity index (χ4v) is 4.93. The first kappa shape index (κ1) is 18.7. The van der Waals surface area contributed by atoms with E-state index in [4.69, 9.17) is 0 Å². The van der Waals surface area contributed by atoms with Crippen LogP contribution in [0.3, 0.4) is 0 Å². The Bertz CT molecular complexity index is 507. The molecular weight excluding hydrogens is 314 g/mol. The van der Waals surface area contributed by atoms with Gasteiger partial charge in [0.05, 0.1) is 11.8 Å². The third-order valence-electron chi connectivity index (χ3n) is 5.45. The number of nitrogens with one attached hydrogen (secondary N) is 1. The van der Waals surface area contributed by atoms with Crippen molar-refractivity contribution in [2.75, 3.05) is 45.5 Å². The summed E-state index contributed by atoms with van der Waals surface area (Å²) in [5.74, 6) is 0.176. The summed E-state index contributed by atoms with van der Waals surface area (Å²) in [6.45, 7) is 8.67.